The van der Waals surface area contributed by atoms with Gasteiger partial charge in [-0.15, -0.1) is 0 Å². The smallest absolute Gasteiger partial charge is 0.307 e. The molecule has 37 heavy (non-hydrogen) atoms. The van der Waals surface area contributed by atoms with Crippen molar-refractivity contribution < 1.29 is 13.2 Å². The third-order valence-corrected chi connectivity index (χ3v) is 7.50. The molecular weight excluding hydrogens is 486 g/mol. The minimum atomic E-state index is -4.20. The van der Waals surface area contributed by atoms with Crippen molar-refractivity contribution in [1.29, 1.82) is 0 Å². The third kappa shape index (κ3) is 7.42. The number of benzene rings is 2. The average molecular weight is 526 g/mol. The number of amides is 2. The summed E-state index contributed by atoms with van der Waals surface area (Å²) in [5.74, 6) is 0.296. The third-order valence-electron chi connectivity index (χ3n) is 6.12. The Morgan fingerprint density at radius 2 is 1.54 bits per heavy atom. The van der Waals surface area contributed by atoms with Gasteiger partial charge in [0.15, 0.2) is 0 Å². The van der Waals surface area contributed by atoms with Gasteiger partial charge in [0.1, 0.15) is 0 Å². The molecule has 200 valence electrons. The first-order valence-corrected chi connectivity index (χ1v) is 14.1. The molecule has 3 aromatic rings. The number of carbonyl (C=O) groups excluding carboxylic acids is 1. The molecule has 2 N–H and O–H groups in total. The van der Waals surface area contributed by atoms with Crippen molar-refractivity contribution in [1.82, 2.24) is 18.8 Å². The number of rotatable bonds is 10. The average Bonchev–Trinajstić information content (AvgIpc) is 3.28. The van der Waals surface area contributed by atoms with Crippen LogP contribution in [0, 0.1) is 6.92 Å². The summed E-state index contributed by atoms with van der Waals surface area (Å²) >= 11 is 0. The normalized spacial score (nSPS) is 12.1. The highest BCUT2D eigenvalue weighted by molar-refractivity contribution is 7.87. The number of aromatic nitrogens is 2. The van der Waals surface area contributed by atoms with Crippen LogP contribution >= 0.6 is 0 Å². The van der Waals surface area contributed by atoms with E-state index in [-0.39, 0.29) is 31.0 Å². The van der Waals surface area contributed by atoms with Crippen LogP contribution in [-0.4, -0.2) is 28.5 Å². The van der Waals surface area contributed by atoms with Gasteiger partial charge >= 0.3 is 16.2 Å². The number of urea groups is 1. The van der Waals surface area contributed by atoms with Crippen molar-refractivity contribution in [3.63, 3.8) is 0 Å². The molecule has 1 aromatic heterocycles. The topological polar surface area (TPSA) is 96.3 Å². The van der Waals surface area contributed by atoms with E-state index in [1.807, 2.05) is 69.4 Å². The lowest BCUT2D eigenvalue weighted by molar-refractivity contribution is 0.255. The van der Waals surface area contributed by atoms with Crippen molar-refractivity contribution in [2.45, 2.75) is 79.4 Å². The predicted molar refractivity (Wildman–Crippen MR) is 149 cm³/mol. The van der Waals surface area contributed by atoms with E-state index in [0.717, 1.165) is 22.3 Å². The monoisotopic (exact) mass is 525 g/mol. The predicted octanol–water partition coefficient (Wildman–Crippen LogP) is 6.09. The van der Waals surface area contributed by atoms with E-state index in [1.165, 1.54) is 4.31 Å². The molecule has 2 aromatic carbocycles. The number of carbonyl (C=O) groups is 1. The Morgan fingerprint density at radius 1 is 0.946 bits per heavy atom. The summed E-state index contributed by atoms with van der Waals surface area (Å²) < 4.78 is 32.2. The fourth-order valence-electron chi connectivity index (χ4n) is 4.16. The molecular formula is C28H39N5O3S. The summed E-state index contributed by atoms with van der Waals surface area (Å²) in [6, 6.07) is 14.5. The van der Waals surface area contributed by atoms with Gasteiger partial charge in [0, 0.05) is 24.5 Å². The van der Waals surface area contributed by atoms with Crippen molar-refractivity contribution in [3.8, 4) is 0 Å². The minimum absolute atomic E-state index is 0.0241. The number of aryl methyl sites for hydroxylation is 1. The van der Waals surface area contributed by atoms with Crippen LogP contribution in [0.4, 0.5) is 10.5 Å². The van der Waals surface area contributed by atoms with Gasteiger partial charge in [-0.25, -0.2) is 9.52 Å². The van der Waals surface area contributed by atoms with E-state index in [0.29, 0.717) is 11.4 Å². The van der Waals surface area contributed by atoms with Gasteiger partial charge < -0.3 is 5.32 Å². The number of nitrogens with one attached hydrogen (secondary N) is 2. The zero-order valence-electron chi connectivity index (χ0n) is 22.8. The van der Waals surface area contributed by atoms with Crippen molar-refractivity contribution in [2.75, 3.05) is 5.32 Å². The molecule has 0 aliphatic rings. The van der Waals surface area contributed by atoms with Crippen molar-refractivity contribution in [3.05, 3.63) is 82.7 Å². The number of hydrogen-bond donors (Lipinski definition) is 2. The van der Waals surface area contributed by atoms with E-state index in [4.69, 9.17) is 0 Å². The molecule has 9 heteroatoms. The Morgan fingerprint density at radius 3 is 2.05 bits per heavy atom. The van der Waals surface area contributed by atoms with Gasteiger partial charge in [-0.2, -0.15) is 17.8 Å². The number of hydrogen-bond acceptors (Lipinski definition) is 4. The molecule has 0 radical (unpaired) electrons. The Balaban J connectivity index is 1.89. The Labute approximate surface area is 221 Å². The van der Waals surface area contributed by atoms with Crippen molar-refractivity contribution in [2.24, 2.45) is 0 Å². The first-order valence-electron chi connectivity index (χ1n) is 12.7. The minimum Gasteiger partial charge on any atom is -0.307 e. The second-order valence-electron chi connectivity index (χ2n) is 10.3. The SMILES string of the molecule is Cc1cc(C(C)C)c(NC(=O)NS(=O)(=O)N(Cc2ccccc2)Cc2ccn(C(C)C)n2)c(C(C)C)c1. The van der Waals surface area contributed by atoms with E-state index >= 15 is 0 Å². The van der Waals surface area contributed by atoms with Crippen LogP contribution in [0.25, 0.3) is 0 Å². The maximum Gasteiger partial charge on any atom is 0.333 e. The van der Waals surface area contributed by atoms with Gasteiger partial charge in [0.25, 0.3) is 0 Å². The standard InChI is InChI=1S/C28H39N5O3S/c1-19(2)25-15-22(7)16-26(20(3)4)27(25)29-28(34)31-37(35,36)32(17-23-11-9-8-10-12-23)18-24-13-14-33(30-24)21(5)6/h8-16,19-21H,17-18H2,1-7H3,(H2,29,31,34). The highest BCUT2D eigenvalue weighted by Crippen LogP contribution is 2.34. The zero-order valence-corrected chi connectivity index (χ0v) is 23.6. The largest absolute Gasteiger partial charge is 0.333 e. The molecule has 2 amide bonds. The molecule has 8 nitrogen and oxygen atoms in total. The molecule has 0 saturated carbocycles. The summed E-state index contributed by atoms with van der Waals surface area (Å²) in [5, 5.41) is 7.36. The number of anilines is 1. The van der Waals surface area contributed by atoms with E-state index in [1.54, 1.807) is 10.7 Å². The summed E-state index contributed by atoms with van der Waals surface area (Å²) in [6.45, 7) is 14.4. The molecule has 0 saturated heterocycles. The highest BCUT2D eigenvalue weighted by atomic mass is 32.2. The van der Waals surface area contributed by atoms with Gasteiger partial charge in [-0.1, -0.05) is 75.7 Å². The zero-order chi connectivity index (χ0) is 27.3. The van der Waals surface area contributed by atoms with Crippen LogP contribution in [0.1, 0.15) is 87.4 Å². The maximum atomic E-state index is 13.5. The summed E-state index contributed by atoms with van der Waals surface area (Å²) in [5.41, 5.74) is 5.10. The molecule has 0 fully saturated rings. The number of nitrogens with zero attached hydrogens (tertiary/aromatic N) is 3. The summed E-state index contributed by atoms with van der Waals surface area (Å²) in [6.07, 6.45) is 1.83. The van der Waals surface area contributed by atoms with Gasteiger partial charge in [-0.05, 0) is 55.4 Å². The fraction of sp³-hybridized carbons (Fsp3) is 0.429. The Hall–Kier alpha value is -3.17. The quantitative estimate of drug-likeness (QED) is 0.335. The van der Waals surface area contributed by atoms with E-state index in [9.17, 15) is 13.2 Å². The lowest BCUT2D eigenvalue weighted by Crippen LogP contribution is -2.44. The molecule has 0 aliphatic heterocycles. The summed E-state index contributed by atoms with van der Waals surface area (Å²) in [7, 11) is -4.20. The molecule has 0 atom stereocenters. The van der Waals surface area contributed by atoms with Crippen LogP contribution in [0.5, 0.6) is 0 Å². The van der Waals surface area contributed by atoms with Crippen LogP contribution in [-0.2, 0) is 23.3 Å². The Kier molecular flexibility index (Phi) is 9.15. The van der Waals surface area contributed by atoms with E-state index in [2.05, 4.69) is 42.8 Å². The molecule has 0 spiro atoms. The van der Waals surface area contributed by atoms with Gasteiger partial charge in [0.2, 0.25) is 0 Å². The van der Waals surface area contributed by atoms with Crippen molar-refractivity contribution >= 4 is 21.9 Å². The highest BCUT2D eigenvalue weighted by Gasteiger charge is 2.27. The second kappa shape index (κ2) is 11.9. The lowest BCUT2D eigenvalue weighted by atomic mass is 9.90. The first-order chi connectivity index (χ1) is 17.4. The molecule has 3 rings (SSSR count). The molecule has 1 heterocycles. The van der Waals surface area contributed by atoms with Crippen LogP contribution in [0.3, 0.4) is 0 Å². The molecule has 0 unspecified atom stereocenters. The lowest BCUT2D eigenvalue weighted by Gasteiger charge is -2.24. The summed E-state index contributed by atoms with van der Waals surface area (Å²) in [4.78, 5) is 13.1. The molecule has 0 aliphatic carbocycles. The second-order valence-corrected chi connectivity index (χ2v) is 12.0. The van der Waals surface area contributed by atoms with Gasteiger partial charge in [0.05, 0.1) is 12.2 Å². The Bertz CT molecular complexity index is 1290. The van der Waals surface area contributed by atoms with E-state index < -0.39 is 16.2 Å². The van der Waals surface area contributed by atoms with Crippen LogP contribution in [0.2, 0.25) is 0 Å². The van der Waals surface area contributed by atoms with Gasteiger partial charge in [-0.3, -0.25) is 4.68 Å². The first kappa shape index (κ1) is 28.4. The van der Waals surface area contributed by atoms with Crippen LogP contribution in [0.15, 0.2) is 54.7 Å². The maximum absolute atomic E-state index is 13.5. The van der Waals surface area contributed by atoms with Crippen LogP contribution < -0.4 is 10.0 Å². The molecule has 0 bridgehead atoms. The fourth-order valence-corrected chi connectivity index (χ4v) is 5.20.